The Bertz CT molecular complexity index is 430. The van der Waals surface area contributed by atoms with Gasteiger partial charge < -0.3 is 9.80 Å². The van der Waals surface area contributed by atoms with Gasteiger partial charge in [0.25, 0.3) is 5.91 Å². The van der Waals surface area contributed by atoms with Crippen molar-refractivity contribution >= 4 is 23.2 Å². The summed E-state index contributed by atoms with van der Waals surface area (Å²) in [6.45, 7) is 4.82. The number of nitrogens with zero attached hydrogens (tertiary/aromatic N) is 2. The van der Waals surface area contributed by atoms with Crippen molar-refractivity contribution in [3.63, 3.8) is 0 Å². The molecule has 0 aromatic heterocycles. The lowest BCUT2D eigenvalue weighted by Crippen LogP contribution is -2.41. The van der Waals surface area contributed by atoms with Crippen LogP contribution in [-0.2, 0) is 0 Å². The Kier molecular flexibility index (Phi) is 6.86. The quantitative estimate of drug-likeness (QED) is 0.718. The van der Waals surface area contributed by atoms with Crippen molar-refractivity contribution in [1.82, 2.24) is 4.90 Å². The average Bonchev–Trinajstić information content (AvgIpc) is 2.47. The van der Waals surface area contributed by atoms with E-state index in [9.17, 15) is 4.79 Å². The summed E-state index contributed by atoms with van der Waals surface area (Å²) in [7, 11) is 3.95. The van der Waals surface area contributed by atoms with Gasteiger partial charge in [0.2, 0.25) is 0 Å². The summed E-state index contributed by atoms with van der Waals surface area (Å²) in [5.41, 5.74) is 1.76. The van der Waals surface area contributed by atoms with E-state index in [2.05, 4.69) is 13.8 Å². The average molecular weight is 297 g/mol. The molecule has 1 amide bonds. The molecule has 0 fully saturated rings. The highest BCUT2D eigenvalue weighted by Crippen LogP contribution is 2.18. The van der Waals surface area contributed by atoms with Crippen molar-refractivity contribution < 1.29 is 4.79 Å². The van der Waals surface area contributed by atoms with Crippen LogP contribution in [0.1, 0.15) is 37.0 Å². The van der Waals surface area contributed by atoms with E-state index in [1.54, 1.807) is 0 Å². The van der Waals surface area contributed by atoms with E-state index in [0.717, 1.165) is 24.1 Å². The maximum Gasteiger partial charge on any atom is 0.254 e. The van der Waals surface area contributed by atoms with Gasteiger partial charge in [-0.2, -0.15) is 0 Å². The lowest BCUT2D eigenvalue weighted by Gasteiger charge is -2.30. The number of amides is 1. The fraction of sp³-hybridized carbons (Fsp3) is 0.562. The number of carbonyl (C=O) groups excluding carboxylic acids is 1. The van der Waals surface area contributed by atoms with Crippen LogP contribution in [0.15, 0.2) is 24.3 Å². The normalized spacial score (nSPS) is 10.7. The Balaban J connectivity index is 3.02. The number of hydrogen-bond donors (Lipinski definition) is 0. The monoisotopic (exact) mass is 296 g/mol. The second-order valence-electron chi connectivity index (χ2n) is 5.10. The minimum Gasteiger partial charge on any atom is -0.378 e. The Morgan fingerprint density at radius 2 is 1.90 bits per heavy atom. The van der Waals surface area contributed by atoms with Gasteiger partial charge in [-0.05, 0) is 31.0 Å². The summed E-state index contributed by atoms with van der Waals surface area (Å²) >= 11 is 5.87. The molecule has 0 bridgehead atoms. The number of halogens is 1. The third-order valence-electron chi connectivity index (χ3n) is 3.58. The molecule has 0 N–H and O–H groups in total. The van der Waals surface area contributed by atoms with Crippen molar-refractivity contribution in [3.8, 4) is 0 Å². The molecule has 0 aliphatic rings. The third-order valence-corrected chi connectivity index (χ3v) is 3.75. The lowest BCUT2D eigenvalue weighted by atomic mass is 10.1. The van der Waals surface area contributed by atoms with Gasteiger partial charge in [0.1, 0.15) is 0 Å². The molecule has 0 atom stereocenters. The van der Waals surface area contributed by atoms with Crippen molar-refractivity contribution in [2.75, 3.05) is 31.4 Å². The molecule has 4 heteroatoms. The second-order valence-corrected chi connectivity index (χ2v) is 5.48. The topological polar surface area (TPSA) is 23.6 Å². The van der Waals surface area contributed by atoms with Crippen molar-refractivity contribution in [2.45, 2.75) is 32.7 Å². The Hall–Kier alpha value is -1.22. The first-order valence-electron chi connectivity index (χ1n) is 7.19. The van der Waals surface area contributed by atoms with E-state index in [0.29, 0.717) is 12.4 Å². The summed E-state index contributed by atoms with van der Waals surface area (Å²) in [5, 5.41) is 0. The number of alkyl halides is 1. The maximum absolute atomic E-state index is 12.7. The van der Waals surface area contributed by atoms with Crippen molar-refractivity contribution in [2.24, 2.45) is 0 Å². The zero-order valence-electron chi connectivity index (χ0n) is 12.9. The molecular weight excluding hydrogens is 272 g/mol. The predicted molar refractivity (Wildman–Crippen MR) is 86.9 cm³/mol. The first-order valence-corrected chi connectivity index (χ1v) is 7.72. The van der Waals surface area contributed by atoms with Crippen molar-refractivity contribution in [3.05, 3.63) is 29.8 Å². The van der Waals surface area contributed by atoms with Crippen LogP contribution in [0.5, 0.6) is 0 Å². The van der Waals surface area contributed by atoms with E-state index in [1.807, 2.05) is 48.2 Å². The Labute approximate surface area is 127 Å². The van der Waals surface area contributed by atoms with Crippen molar-refractivity contribution in [1.29, 1.82) is 0 Å². The zero-order valence-corrected chi connectivity index (χ0v) is 13.7. The number of hydrogen-bond acceptors (Lipinski definition) is 2. The largest absolute Gasteiger partial charge is 0.378 e. The molecule has 1 rings (SSSR count). The Morgan fingerprint density at radius 1 is 1.25 bits per heavy atom. The number of benzene rings is 1. The standard InChI is InChI=1S/C16H25ClN2O/c1-5-14(6-2)19(11-10-17)16(20)13-8-7-9-15(12-13)18(3)4/h7-9,12,14H,5-6,10-11H2,1-4H3. The number of rotatable bonds is 7. The van der Waals surface area contributed by atoms with E-state index >= 15 is 0 Å². The molecule has 0 spiro atoms. The smallest absolute Gasteiger partial charge is 0.254 e. The van der Waals surface area contributed by atoms with E-state index in [4.69, 9.17) is 11.6 Å². The first kappa shape index (κ1) is 16.8. The van der Waals surface area contributed by atoms with Crippen LogP contribution < -0.4 is 4.90 Å². The number of anilines is 1. The minimum atomic E-state index is 0.0723. The van der Waals surface area contributed by atoms with Crippen LogP contribution in [0.2, 0.25) is 0 Å². The zero-order chi connectivity index (χ0) is 15.1. The molecule has 0 aliphatic heterocycles. The van der Waals surface area contributed by atoms with E-state index in [-0.39, 0.29) is 11.9 Å². The molecular formula is C16H25ClN2O. The predicted octanol–water partition coefficient (Wildman–Crippen LogP) is 3.62. The second kappa shape index (κ2) is 8.15. The summed E-state index contributed by atoms with van der Waals surface area (Å²) in [6.07, 6.45) is 1.90. The fourth-order valence-electron chi connectivity index (χ4n) is 2.35. The van der Waals surface area contributed by atoms with Gasteiger partial charge in [0, 0.05) is 43.8 Å². The molecule has 112 valence electrons. The van der Waals surface area contributed by atoms with Gasteiger partial charge in [0.05, 0.1) is 0 Å². The molecule has 20 heavy (non-hydrogen) atoms. The van der Waals surface area contributed by atoms with E-state index < -0.39 is 0 Å². The van der Waals surface area contributed by atoms with Gasteiger partial charge in [-0.15, -0.1) is 11.6 Å². The van der Waals surface area contributed by atoms with Crippen LogP contribution in [0.3, 0.4) is 0 Å². The molecule has 3 nitrogen and oxygen atoms in total. The molecule has 0 unspecified atom stereocenters. The molecule has 0 radical (unpaired) electrons. The summed E-state index contributed by atoms with van der Waals surface area (Å²) in [4.78, 5) is 16.6. The fourth-order valence-corrected chi connectivity index (χ4v) is 2.54. The van der Waals surface area contributed by atoms with Crippen LogP contribution in [0.4, 0.5) is 5.69 Å². The lowest BCUT2D eigenvalue weighted by molar-refractivity contribution is 0.0681. The molecule has 0 heterocycles. The highest BCUT2D eigenvalue weighted by Gasteiger charge is 2.22. The van der Waals surface area contributed by atoms with E-state index in [1.165, 1.54) is 0 Å². The highest BCUT2D eigenvalue weighted by atomic mass is 35.5. The summed E-state index contributed by atoms with van der Waals surface area (Å²) in [6, 6.07) is 7.99. The molecule has 1 aromatic carbocycles. The number of carbonyl (C=O) groups is 1. The highest BCUT2D eigenvalue weighted by molar-refractivity contribution is 6.18. The Morgan fingerprint density at radius 3 is 2.40 bits per heavy atom. The summed E-state index contributed by atoms with van der Waals surface area (Å²) < 4.78 is 0. The van der Waals surface area contributed by atoms with Gasteiger partial charge in [-0.25, -0.2) is 0 Å². The summed E-state index contributed by atoms with van der Waals surface area (Å²) in [5.74, 6) is 0.540. The van der Waals surface area contributed by atoms with Crippen LogP contribution in [0, 0.1) is 0 Å². The van der Waals surface area contributed by atoms with Crippen LogP contribution >= 0.6 is 11.6 Å². The molecule has 1 aromatic rings. The SMILES string of the molecule is CCC(CC)N(CCCl)C(=O)c1cccc(N(C)C)c1. The van der Waals surface area contributed by atoms with Gasteiger partial charge in [0.15, 0.2) is 0 Å². The molecule has 0 aliphatic carbocycles. The minimum absolute atomic E-state index is 0.0723. The first-order chi connectivity index (χ1) is 9.54. The van der Waals surface area contributed by atoms with Crippen LogP contribution in [0.25, 0.3) is 0 Å². The maximum atomic E-state index is 12.7. The van der Waals surface area contributed by atoms with Gasteiger partial charge in [-0.1, -0.05) is 19.9 Å². The van der Waals surface area contributed by atoms with Gasteiger partial charge >= 0.3 is 0 Å². The van der Waals surface area contributed by atoms with Gasteiger partial charge in [-0.3, -0.25) is 4.79 Å². The molecule has 0 saturated heterocycles. The molecule has 0 saturated carbocycles. The van der Waals surface area contributed by atoms with Crippen LogP contribution in [-0.4, -0.2) is 43.4 Å². The third kappa shape index (κ3) is 4.14.